The molecule has 0 aliphatic heterocycles. The lowest BCUT2D eigenvalue weighted by Gasteiger charge is -2.22. The van der Waals surface area contributed by atoms with Gasteiger partial charge in [0.15, 0.2) is 0 Å². The Balaban J connectivity index is 1.62. The van der Waals surface area contributed by atoms with Gasteiger partial charge in [0, 0.05) is 23.7 Å². The first-order valence-corrected chi connectivity index (χ1v) is 10.2. The van der Waals surface area contributed by atoms with Crippen molar-refractivity contribution in [3.05, 3.63) is 54.2 Å². The van der Waals surface area contributed by atoms with Crippen LogP contribution in [0.2, 0.25) is 0 Å². The molecule has 0 radical (unpaired) electrons. The summed E-state index contributed by atoms with van der Waals surface area (Å²) in [6.07, 6.45) is 9.06. The second kappa shape index (κ2) is 8.51. The van der Waals surface area contributed by atoms with Crippen LogP contribution >= 0.6 is 0 Å². The van der Waals surface area contributed by atoms with Crippen molar-refractivity contribution in [3.8, 4) is 16.9 Å². The summed E-state index contributed by atoms with van der Waals surface area (Å²) in [6, 6.07) is 14.5. The van der Waals surface area contributed by atoms with Gasteiger partial charge in [0.05, 0.1) is 6.61 Å². The van der Waals surface area contributed by atoms with Gasteiger partial charge in [0.25, 0.3) is 0 Å². The zero-order valence-corrected chi connectivity index (χ0v) is 16.1. The molecule has 3 aromatic rings. The molecular weight excluding hydrogens is 350 g/mol. The Hall–Kier alpha value is -2.75. The van der Waals surface area contributed by atoms with Gasteiger partial charge < -0.3 is 14.8 Å². The van der Waals surface area contributed by atoms with Crippen molar-refractivity contribution in [3.63, 3.8) is 0 Å². The highest BCUT2D eigenvalue weighted by Gasteiger charge is 2.16. The molecule has 1 fully saturated rings. The third-order valence-electron chi connectivity index (χ3n) is 5.74. The lowest BCUT2D eigenvalue weighted by Crippen LogP contribution is -2.15. The number of hydrogen-bond donors (Lipinski definition) is 2. The first-order chi connectivity index (χ1) is 13.7. The van der Waals surface area contributed by atoms with E-state index in [2.05, 4.69) is 35.3 Å². The minimum Gasteiger partial charge on any atom is -0.493 e. The van der Waals surface area contributed by atoms with E-state index in [4.69, 9.17) is 9.84 Å². The molecular formula is C24H27NO3. The monoisotopic (exact) mass is 377 g/mol. The highest BCUT2D eigenvalue weighted by molar-refractivity contribution is 5.86. The van der Waals surface area contributed by atoms with Crippen LogP contribution in [0.25, 0.3) is 22.0 Å². The van der Waals surface area contributed by atoms with Gasteiger partial charge >= 0.3 is 5.97 Å². The van der Waals surface area contributed by atoms with Crippen LogP contribution in [-0.2, 0) is 11.2 Å². The standard InChI is InChI=1S/C24H27NO3/c26-24(27)11-7-17-6-10-23(28-16-18-4-2-1-3-5-18)21(14-17)20-9-8-19-12-13-25-22(19)15-20/h6,8-10,12-15,18,25H,1-5,7,11,16H2,(H,26,27). The molecule has 0 spiro atoms. The number of H-pyrrole nitrogens is 1. The fourth-order valence-electron chi connectivity index (χ4n) is 4.11. The first kappa shape index (κ1) is 18.6. The predicted molar refractivity (Wildman–Crippen MR) is 112 cm³/mol. The van der Waals surface area contributed by atoms with Crippen molar-refractivity contribution in [2.45, 2.75) is 44.9 Å². The number of hydrogen-bond acceptors (Lipinski definition) is 2. The van der Waals surface area contributed by atoms with Crippen molar-refractivity contribution in [1.82, 2.24) is 4.98 Å². The maximum atomic E-state index is 11.0. The summed E-state index contributed by atoms with van der Waals surface area (Å²) < 4.78 is 6.28. The Bertz CT molecular complexity index is 953. The van der Waals surface area contributed by atoms with E-state index in [-0.39, 0.29) is 6.42 Å². The lowest BCUT2D eigenvalue weighted by molar-refractivity contribution is -0.136. The van der Waals surface area contributed by atoms with Crippen LogP contribution < -0.4 is 4.74 Å². The molecule has 4 heteroatoms. The Labute approximate surface area is 165 Å². The quantitative estimate of drug-likeness (QED) is 0.546. The van der Waals surface area contributed by atoms with Crippen LogP contribution in [0.3, 0.4) is 0 Å². The molecule has 146 valence electrons. The van der Waals surface area contributed by atoms with Gasteiger partial charge in [-0.3, -0.25) is 4.79 Å². The van der Waals surface area contributed by atoms with E-state index < -0.39 is 5.97 Å². The Morgan fingerprint density at radius 3 is 2.75 bits per heavy atom. The van der Waals surface area contributed by atoms with E-state index in [9.17, 15) is 4.79 Å². The number of nitrogens with one attached hydrogen (secondary N) is 1. The number of benzene rings is 2. The van der Waals surface area contributed by atoms with Crippen LogP contribution in [0.1, 0.15) is 44.1 Å². The molecule has 2 N–H and O–H groups in total. The number of aliphatic carboxylic acids is 1. The van der Waals surface area contributed by atoms with Crippen molar-refractivity contribution in [2.24, 2.45) is 5.92 Å². The van der Waals surface area contributed by atoms with Gasteiger partial charge in [-0.2, -0.15) is 0 Å². The van der Waals surface area contributed by atoms with E-state index in [1.165, 1.54) is 37.5 Å². The van der Waals surface area contributed by atoms with Gasteiger partial charge in [0.1, 0.15) is 5.75 Å². The molecule has 0 saturated heterocycles. The number of carboxylic acid groups (broad SMARTS) is 1. The summed E-state index contributed by atoms with van der Waals surface area (Å²) in [5.74, 6) is 0.752. The average molecular weight is 377 g/mol. The Morgan fingerprint density at radius 2 is 1.93 bits per heavy atom. The highest BCUT2D eigenvalue weighted by atomic mass is 16.5. The molecule has 2 aromatic carbocycles. The number of carboxylic acids is 1. The van der Waals surface area contributed by atoms with Crippen molar-refractivity contribution in [1.29, 1.82) is 0 Å². The van der Waals surface area contributed by atoms with Gasteiger partial charge in [-0.1, -0.05) is 37.5 Å². The second-order valence-electron chi connectivity index (χ2n) is 7.82. The van der Waals surface area contributed by atoms with Crippen molar-refractivity contribution >= 4 is 16.9 Å². The van der Waals surface area contributed by atoms with Crippen molar-refractivity contribution in [2.75, 3.05) is 6.61 Å². The largest absolute Gasteiger partial charge is 0.493 e. The van der Waals surface area contributed by atoms with Gasteiger partial charge in [0.2, 0.25) is 0 Å². The fraction of sp³-hybridized carbons (Fsp3) is 0.375. The number of ether oxygens (including phenoxy) is 1. The maximum absolute atomic E-state index is 11.0. The molecule has 0 bridgehead atoms. The molecule has 1 aliphatic carbocycles. The molecule has 1 heterocycles. The van der Waals surface area contributed by atoms with E-state index in [1.807, 2.05) is 18.3 Å². The summed E-state index contributed by atoms with van der Waals surface area (Å²) in [6.45, 7) is 0.756. The van der Waals surface area contributed by atoms with Crippen LogP contribution in [0.5, 0.6) is 5.75 Å². The summed E-state index contributed by atoms with van der Waals surface area (Å²) >= 11 is 0. The van der Waals surface area contributed by atoms with Crippen LogP contribution in [0.4, 0.5) is 0 Å². The molecule has 0 atom stereocenters. The third kappa shape index (κ3) is 4.38. The smallest absolute Gasteiger partial charge is 0.303 e. The molecule has 4 nitrogen and oxygen atoms in total. The molecule has 1 saturated carbocycles. The van der Waals surface area contributed by atoms with Crippen LogP contribution in [0, 0.1) is 5.92 Å². The van der Waals surface area contributed by atoms with Crippen molar-refractivity contribution < 1.29 is 14.6 Å². The zero-order valence-electron chi connectivity index (χ0n) is 16.1. The molecule has 0 amide bonds. The summed E-state index contributed by atoms with van der Waals surface area (Å²) in [5, 5.41) is 10.2. The molecule has 1 aromatic heterocycles. The van der Waals surface area contributed by atoms with Crippen LogP contribution in [0.15, 0.2) is 48.7 Å². The van der Waals surface area contributed by atoms with E-state index >= 15 is 0 Å². The molecule has 28 heavy (non-hydrogen) atoms. The number of aryl methyl sites for hydroxylation is 1. The molecule has 0 unspecified atom stereocenters. The van der Waals surface area contributed by atoms with Crippen LogP contribution in [-0.4, -0.2) is 22.7 Å². The topological polar surface area (TPSA) is 62.3 Å². The minimum absolute atomic E-state index is 0.136. The number of carbonyl (C=O) groups is 1. The summed E-state index contributed by atoms with van der Waals surface area (Å²) in [4.78, 5) is 14.2. The SMILES string of the molecule is O=C(O)CCc1ccc(OCC2CCCCC2)c(-c2ccc3cc[nH]c3c2)c1. The fourth-order valence-corrected chi connectivity index (χ4v) is 4.11. The maximum Gasteiger partial charge on any atom is 0.303 e. The number of fused-ring (bicyclic) bond motifs is 1. The van der Waals surface area contributed by atoms with Gasteiger partial charge in [-0.25, -0.2) is 0 Å². The number of aromatic amines is 1. The molecule has 1 aliphatic rings. The van der Waals surface area contributed by atoms with E-state index in [1.54, 1.807) is 0 Å². The van der Waals surface area contributed by atoms with E-state index in [0.717, 1.165) is 34.6 Å². The average Bonchev–Trinajstić information content (AvgIpc) is 3.19. The number of aromatic nitrogens is 1. The third-order valence-corrected chi connectivity index (χ3v) is 5.74. The summed E-state index contributed by atoms with van der Waals surface area (Å²) in [7, 11) is 0. The number of rotatable bonds is 7. The van der Waals surface area contributed by atoms with Gasteiger partial charge in [-0.05, 0) is 66.0 Å². The second-order valence-corrected chi connectivity index (χ2v) is 7.82. The first-order valence-electron chi connectivity index (χ1n) is 10.2. The summed E-state index contributed by atoms with van der Waals surface area (Å²) in [5.41, 5.74) is 4.24. The Morgan fingerprint density at radius 1 is 1.07 bits per heavy atom. The minimum atomic E-state index is -0.771. The Kier molecular flexibility index (Phi) is 5.65. The van der Waals surface area contributed by atoms with E-state index in [0.29, 0.717) is 12.3 Å². The van der Waals surface area contributed by atoms with Gasteiger partial charge in [-0.15, -0.1) is 0 Å². The molecule has 4 rings (SSSR count). The normalized spacial score (nSPS) is 15.0. The lowest BCUT2D eigenvalue weighted by atomic mass is 9.90. The predicted octanol–water partition coefficient (Wildman–Crippen LogP) is 5.81. The zero-order chi connectivity index (χ0) is 19.3. The highest BCUT2D eigenvalue weighted by Crippen LogP contribution is 2.34.